The highest BCUT2D eigenvalue weighted by Gasteiger charge is 1.97. The minimum atomic E-state index is 0. The number of aromatic nitrogens is 3. The lowest BCUT2D eigenvalue weighted by Crippen LogP contribution is -2.02. The molecule has 2 rings (SSSR count). The Labute approximate surface area is 104 Å². The van der Waals surface area contributed by atoms with Gasteiger partial charge < -0.3 is 5.73 Å². The van der Waals surface area contributed by atoms with Crippen LogP contribution in [0.5, 0.6) is 0 Å². The molecule has 0 amide bonds. The Balaban J connectivity index is 0.000000980. The first-order valence-corrected chi connectivity index (χ1v) is 5.02. The van der Waals surface area contributed by atoms with Crippen LogP contribution in [-0.4, -0.2) is 26.9 Å². The predicted octanol–water partition coefficient (Wildman–Crippen LogP) is 1.62. The van der Waals surface area contributed by atoms with Crippen LogP contribution in [-0.2, 0) is 0 Å². The molecule has 2 aromatic heterocycles. The Bertz CT molecular complexity index is 406. The summed E-state index contributed by atoms with van der Waals surface area (Å²) in [5.74, 6) is 0.896. The molecule has 2 heterocycles. The second-order valence-electron chi connectivity index (χ2n) is 2.54. The lowest BCUT2D eigenvalue weighted by atomic mass is 10.6. The summed E-state index contributed by atoms with van der Waals surface area (Å²) in [5.41, 5.74) is 6.27. The van der Waals surface area contributed by atoms with Gasteiger partial charge in [0.05, 0.1) is 0 Å². The molecule has 0 bridgehead atoms. The van der Waals surface area contributed by atoms with E-state index in [9.17, 15) is 0 Å². The molecule has 0 aliphatic carbocycles. The summed E-state index contributed by atoms with van der Waals surface area (Å²) in [7, 11) is 0. The van der Waals surface area contributed by atoms with Gasteiger partial charge in [-0.2, -0.15) is 5.10 Å². The maximum absolute atomic E-state index is 5.40. The molecular formula is C8H12Cl2N4S. The molecule has 0 saturated carbocycles. The lowest BCUT2D eigenvalue weighted by Gasteiger charge is -1.98. The minimum absolute atomic E-state index is 0. The van der Waals surface area contributed by atoms with E-state index in [-0.39, 0.29) is 24.8 Å². The average molecular weight is 267 g/mol. The molecule has 2 N–H and O–H groups in total. The highest BCUT2D eigenvalue weighted by Crippen LogP contribution is 2.13. The smallest absolute Gasteiger partial charge is 0.153 e. The quantitative estimate of drug-likeness (QED) is 0.859. The van der Waals surface area contributed by atoms with Crippen molar-refractivity contribution in [2.45, 2.75) is 5.03 Å². The summed E-state index contributed by atoms with van der Waals surface area (Å²) in [6, 6.07) is 3.91. The van der Waals surface area contributed by atoms with Crippen molar-refractivity contribution in [2.24, 2.45) is 5.73 Å². The third-order valence-corrected chi connectivity index (χ3v) is 2.55. The fraction of sp³-hybridized carbons (Fsp3) is 0.250. The van der Waals surface area contributed by atoms with Crippen molar-refractivity contribution in [3.8, 4) is 0 Å². The molecule has 0 aliphatic rings. The molecule has 0 saturated heterocycles. The topological polar surface area (TPSA) is 56.2 Å². The molecule has 4 nitrogen and oxygen atoms in total. The van der Waals surface area contributed by atoms with Crippen LogP contribution in [0, 0.1) is 0 Å². The van der Waals surface area contributed by atoms with E-state index in [2.05, 4.69) is 10.1 Å². The van der Waals surface area contributed by atoms with E-state index < -0.39 is 0 Å². The standard InChI is InChI=1S/C8H10N4S.2ClH/c9-3-6-13-8-2-1-7-10-4-5-12(7)11-8;;/h1-2,4-5H,3,6,9H2;2*1H. The summed E-state index contributed by atoms with van der Waals surface area (Å²) in [6.07, 6.45) is 3.57. The van der Waals surface area contributed by atoms with Crippen LogP contribution in [0.15, 0.2) is 29.6 Å². The number of thioether (sulfide) groups is 1. The Morgan fingerprint density at radius 1 is 1.33 bits per heavy atom. The van der Waals surface area contributed by atoms with E-state index in [1.54, 1.807) is 22.5 Å². The number of hydrogen-bond acceptors (Lipinski definition) is 4. The Kier molecular flexibility index (Phi) is 6.67. The van der Waals surface area contributed by atoms with Crippen molar-refractivity contribution in [2.75, 3.05) is 12.3 Å². The van der Waals surface area contributed by atoms with Crippen molar-refractivity contribution in [3.05, 3.63) is 24.5 Å². The number of imidazole rings is 1. The first kappa shape index (κ1) is 14.5. The van der Waals surface area contributed by atoms with Gasteiger partial charge in [-0.1, -0.05) is 0 Å². The second kappa shape index (κ2) is 6.90. The number of nitrogens with zero attached hydrogens (tertiary/aromatic N) is 3. The molecule has 0 fully saturated rings. The summed E-state index contributed by atoms with van der Waals surface area (Å²) >= 11 is 1.65. The highest BCUT2D eigenvalue weighted by atomic mass is 35.5. The lowest BCUT2D eigenvalue weighted by molar-refractivity contribution is 0.858. The van der Waals surface area contributed by atoms with E-state index in [0.29, 0.717) is 6.54 Å². The second-order valence-corrected chi connectivity index (χ2v) is 3.65. The summed E-state index contributed by atoms with van der Waals surface area (Å²) < 4.78 is 1.76. The number of rotatable bonds is 3. The van der Waals surface area contributed by atoms with Crippen molar-refractivity contribution in [1.29, 1.82) is 0 Å². The van der Waals surface area contributed by atoms with Crippen molar-refractivity contribution >= 4 is 42.2 Å². The molecule has 2 aromatic rings. The fourth-order valence-corrected chi connectivity index (χ4v) is 1.68. The summed E-state index contributed by atoms with van der Waals surface area (Å²) in [5, 5.41) is 5.32. The SMILES string of the molecule is Cl.Cl.NCCSc1ccc2nccn2n1. The van der Waals surface area contributed by atoms with Crippen molar-refractivity contribution in [3.63, 3.8) is 0 Å². The first-order chi connectivity index (χ1) is 6.40. The summed E-state index contributed by atoms with van der Waals surface area (Å²) in [4.78, 5) is 4.11. The minimum Gasteiger partial charge on any atom is -0.330 e. The third kappa shape index (κ3) is 3.53. The fourth-order valence-electron chi connectivity index (χ4n) is 1.04. The first-order valence-electron chi connectivity index (χ1n) is 4.03. The van der Waals surface area contributed by atoms with Crippen LogP contribution in [0.1, 0.15) is 0 Å². The number of fused-ring (bicyclic) bond motifs is 1. The van der Waals surface area contributed by atoms with Crippen LogP contribution in [0.4, 0.5) is 0 Å². The van der Waals surface area contributed by atoms with Crippen LogP contribution >= 0.6 is 36.6 Å². The largest absolute Gasteiger partial charge is 0.330 e. The van der Waals surface area contributed by atoms with Crippen LogP contribution < -0.4 is 5.73 Å². The monoisotopic (exact) mass is 266 g/mol. The van der Waals surface area contributed by atoms with E-state index in [0.717, 1.165) is 16.4 Å². The van der Waals surface area contributed by atoms with Crippen LogP contribution in [0.2, 0.25) is 0 Å². The molecule has 0 radical (unpaired) electrons. The third-order valence-electron chi connectivity index (χ3n) is 1.60. The van der Waals surface area contributed by atoms with E-state index in [4.69, 9.17) is 5.73 Å². The van der Waals surface area contributed by atoms with Gasteiger partial charge in [0, 0.05) is 24.7 Å². The zero-order valence-electron chi connectivity index (χ0n) is 7.87. The van der Waals surface area contributed by atoms with Gasteiger partial charge in [0.25, 0.3) is 0 Å². The number of nitrogens with two attached hydrogens (primary N) is 1. The van der Waals surface area contributed by atoms with Crippen molar-refractivity contribution in [1.82, 2.24) is 14.6 Å². The van der Waals surface area contributed by atoms with Gasteiger partial charge in [0.15, 0.2) is 5.65 Å². The van der Waals surface area contributed by atoms with Gasteiger partial charge in [0.1, 0.15) is 5.03 Å². The normalized spacial score (nSPS) is 9.40. The van der Waals surface area contributed by atoms with E-state index >= 15 is 0 Å². The molecule has 0 spiro atoms. The maximum Gasteiger partial charge on any atom is 0.153 e. The zero-order valence-corrected chi connectivity index (χ0v) is 10.3. The van der Waals surface area contributed by atoms with Crippen LogP contribution in [0.25, 0.3) is 5.65 Å². The number of hydrogen-bond donors (Lipinski definition) is 1. The molecule has 0 aromatic carbocycles. The molecule has 0 atom stereocenters. The predicted molar refractivity (Wildman–Crippen MR) is 67.3 cm³/mol. The van der Waals surface area contributed by atoms with Gasteiger partial charge in [-0.3, -0.25) is 0 Å². The molecule has 84 valence electrons. The van der Waals surface area contributed by atoms with E-state index in [1.165, 1.54) is 0 Å². The average Bonchev–Trinajstić information content (AvgIpc) is 2.61. The van der Waals surface area contributed by atoms with Gasteiger partial charge in [-0.05, 0) is 12.1 Å². The summed E-state index contributed by atoms with van der Waals surface area (Å²) in [6.45, 7) is 0.675. The van der Waals surface area contributed by atoms with Gasteiger partial charge >= 0.3 is 0 Å². The molecule has 0 aliphatic heterocycles. The maximum atomic E-state index is 5.40. The molecular weight excluding hydrogens is 255 g/mol. The Morgan fingerprint density at radius 3 is 2.87 bits per heavy atom. The Morgan fingerprint density at radius 2 is 2.13 bits per heavy atom. The highest BCUT2D eigenvalue weighted by molar-refractivity contribution is 7.99. The molecule has 7 heteroatoms. The van der Waals surface area contributed by atoms with Gasteiger partial charge in [0.2, 0.25) is 0 Å². The van der Waals surface area contributed by atoms with Gasteiger partial charge in [-0.15, -0.1) is 36.6 Å². The van der Waals surface area contributed by atoms with Crippen LogP contribution in [0.3, 0.4) is 0 Å². The number of halogens is 2. The Hall–Kier alpha value is -0.490. The molecule has 15 heavy (non-hydrogen) atoms. The van der Waals surface area contributed by atoms with E-state index in [1.807, 2.05) is 18.3 Å². The van der Waals surface area contributed by atoms with Gasteiger partial charge in [-0.25, -0.2) is 9.50 Å². The zero-order chi connectivity index (χ0) is 9.10. The van der Waals surface area contributed by atoms with Crippen molar-refractivity contribution < 1.29 is 0 Å². The molecule has 0 unspecified atom stereocenters.